The number of hydrogen-bond acceptors (Lipinski definition) is 7. The van der Waals surface area contributed by atoms with Crippen LogP contribution in [0.2, 0.25) is 0 Å². The van der Waals surface area contributed by atoms with E-state index in [0.717, 1.165) is 50.7 Å². The first-order valence-electron chi connectivity index (χ1n) is 13.6. The van der Waals surface area contributed by atoms with E-state index in [1.807, 2.05) is 24.3 Å². The van der Waals surface area contributed by atoms with Crippen LogP contribution in [-0.2, 0) is 14.3 Å². The van der Waals surface area contributed by atoms with Crippen molar-refractivity contribution in [2.75, 3.05) is 44.2 Å². The number of hydrogen-bond donors (Lipinski definition) is 2. The Hall–Kier alpha value is -2.49. The number of piperazine rings is 1. The van der Waals surface area contributed by atoms with Gasteiger partial charge in [0, 0.05) is 50.0 Å². The van der Waals surface area contributed by atoms with E-state index in [1.165, 1.54) is 19.3 Å². The van der Waals surface area contributed by atoms with E-state index in [9.17, 15) is 14.4 Å². The highest BCUT2D eigenvalue weighted by molar-refractivity contribution is 6.01. The quantitative estimate of drug-likeness (QED) is 0.625. The number of anilines is 1. The topological polar surface area (TPSA) is 108 Å². The fourth-order valence-corrected chi connectivity index (χ4v) is 6.76. The molecular weight excluding hydrogens is 458 g/mol. The van der Waals surface area contributed by atoms with Crippen LogP contribution < -0.4 is 16.0 Å². The second kappa shape index (κ2) is 9.43. The number of likely N-dealkylation sites (tertiary alicyclic amines) is 1. The van der Waals surface area contributed by atoms with Crippen molar-refractivity contribution in [3.63, 3.8) is 0 Å². The molecule has 1 aromatic rings. The van der Waals surface area contributed by atoms with Crippen LogP contribution in [0.3, 0.4) is 0 Å². The zero-order valence-corrected chi connectivity index (χ0v) is 20.9. The lowest BCUT2D eigenvalue weighted by Crippen LogP contribution is -2.60. The highest BCUT2D eigenvalue weighted by Crippen LogP contribution is 2.36. The molecule has 3 atom stereocenters. The molecule has 9 nitrogen and oxygen atoms in total. The number of amides is 2. The van der Waals surface area contributed by atoms with E-state index >= 15 is 0 Å². The van der Waals surface area contributed by atoms with Gasteiger partial charge in [-0.1, -0.05) is 19.3 Å². The first-order chi connectivity index (χ1) is 17.4. The Morgan fingerprint density at radius 2 is 1.69 bits per heavy atom. The van der Waals surface area contributed by atoms with Crippen molar-refractivity contribution in [2.45, 2.75) is 74.7 Å². The summed E-state index contributed by atoms with van der Waals surface area (Å²) in [6.07, 6.45) is 6.44. The van der Waals surface area contributed by atoms with E-state index in [4.69, 9.17) is 10.5 Å². The lowest BCUT2D eigenvalue weighted by Gasteiger charge is -2.43. The Kier molecular flexibility index (Phi) is 6.25. The van der Waals surface area contributed by atoms with Gasteiger partial charge in [-0.2, -0.15) is 0 Å². The van der Waals surface area contributed by atoms with Crippen molar-refractivity contribution in [3.8, 4) is 0 Å². The fraction of sp³-hybridized carbons (Fsp3) is 0.667. The SMILES string of the molecule is N[C@H]1CN(C(=O)C2(NC(=O)c3ccc(N4CCN(C5CCC5)CC4)cc3)CCCC2)[C@@H]2C(=O)CO[C@@H]21. The summed E-state index contributed by atoms with van der Waals surface area (Å²) in [6.45, 7) is 4.46. The number of fused-ring (bicyclic) bond motifs is 1. The second-order valence-corrected chi connectivity index (χ2v) is 11.2. The van der Waals surface area contributed by atoms with Gasteiger partial charge >= 0.3 is 0 Å². The van der Waals surface area contributed by atoms with Gasteiger partial charge in [-0.05, 0) is 49.9 Å². The molecule has 2 saturated carbocycles. The van der Waals surface area contributed by atoms with Gasteiger partial charge in [-0.25, -0.2) is 0 Å². The lowest BCUT2D eigenvalue weighted by molar-refractivity contribution is -0.142. The third-order valence-corrected chi connectivity index (χ3v) is 9.10. The maximum absolute atomic E-state index is 13.8. The Labute approximate surface area is 212 Å². The lowest BCUT2D eigenvalue weighted by atomic mass is 9.91. The Morgan fingerprint density at radius 1 is 1.00 bits per heavy atom. The predicted molar refractivity (Wildman–Crippen MR) is 135 cm³/mol. The zero-order valence-electron chi connectivity index (χ0n) is 20.9. The molecule has 3 saturated heterocycles. The Balaban J connectivity index is 1.12. The van der Waals surface area contributed by atoms with Gasteiger partial charge in [0.2, 0.25) is 5.91 Å². The third-order valence-electron chi connectivity index (χ3n) is 9.10. The highest BCUT2D eigenvalue weighted by Gasteiger charge is 2.55. The summed E-state index contributed by atoms with van der Waals surface area (Å²) in [4.78, 5) is 46.1. The molecule has 9 heteroatoms. The minimum absolute atomic E-state index is 0.00580. The molecule has 2 aliphatic carbocycles. The zero-order chi connectivity index (χ0) is 24.9. The van der Waals surface area contributed by atoms with Crippen LogP contribution in [0.25, 0.3) is 0 Å². The number of nitrogens with one attached hydrogen (secondary N) is 1. The number of carbonyl (C=O) groups is 3. The number of nitrogens with zero attached hydrogens (tertiary/aromatic N) is 3. The minimum atomic E-state index is -0.995. The van der Waals surface area contributed by atoms with Gasteiger partial charge in [0.15, 0.2) is 5.78 Å². The molecule has 6 rings (SSSR count). The van der Waals surface area contributed by atoms with Crippen LogP contribution in [0.5, 0.6) is 0 Å². The molecule has 3 heterocycles. The standard InChI is InChI=1S/C27H37N5O4/c28-21-16-32(23-22(33)17-36-24(21)23)26(35)27(10-1-2-11-27)29-25(34)18-6-8-20(9-7-18)31-14-12-30(13-15-31)19-4-3-5-19/h6-9,19,21,23-24H,1-5,10-17,28H2,(H,29,34)/t21-,23+,24+/m0/s1. The molecule has 0 bridgehead atoms. The van der Waals surface area contributed by atoms with Gasteiger partial charge in [-0.3, -0.25) is 19.3 Å². The molecule has 194 valence electrons. The number of carbonyl (C=O) groups excluding carboxylic acids is 3. The van der Waals surface area contributed by atoms with E-state index in [2.05, 4.69) is 15.1 Å². The molecule has 1 aromatic carbocycles. The molecule has 0 unspecified atom stereocenters. The van der Waals surface area contributed by atoms with Crippen LogP contribution in [-0.4, -0.2) is 96.5 Å². The predicted octanol–water partition coefficient (Wildman–Crippen LogP) is 0.910. The van der Waals surface area contributed by atoms with E-state index in [1.54, 1.807) is 4.90 Å². The molecule has 5 fully saturated rings. The van der Waals surface area contributed by atoms with E-state index in [0.29, 0.717) is 18.4 Å². The number of rotatable bonds is 5. The molecule has 36 heavy (non-hydrogen) atoms. The first kappa shape index (κ1) is 23.9. The first-order valence-corrected chi connectivity index (χ1v) is 13.6. The molecule has 0 spiro atoms. The second-order valence-electron chi connectivity index (χ2n) is 11.2. The summed E-state index contributed by atoms with van der Waals surface area (Å²) in [7, 11) is 0. The molecular formula is C27H37N5O4. The highest BCUT2D eigenvalue weighted by atomic mass is 16.5. The minimum Gasteiger partial charge on any atom is -0.369 e. The van der Waals surface area contributed by atoms with Crippen molar-refractivity contribution in [3.05, 3.63) is 29.8 Å². The Morgan fingerprint density at radius 3 is 2.33 bits per heavy atom. The maximum Gasteiger partial charge on any atom is 0.252 e. The summed E-state index contributed by atoms with van der Waals surface area (Å²) in [5, 5.41) is 3.08. The average molecular weight is 496 g/mol. The third kappa shape index (κ3) is 4.11. The summed E-state index contributed by atoms with van der Waals surface area (Å²) >= 11 is 0. The van der Waals surface area contributed by atoms with E-state index < -0.39 is 17.7 Å². The molecule has 3 N–H and O–H groups in total. The van der Waals surface area contributed by atoms with Crippen molar-refractivity contribution < 1.29 is 19.1 Å². The van der Waals surface area contributed by atoms with Crippen molar-refractivity contribution in [1.82, 2.24) is 15.1 Å². The normalized spacial score (nSPS) is 30.4. The van der Waals surface area contributed by atoms with Gasteiger partial charge in [-0.15, -0.1) is 0 Å². The molecule has 2 amide bonds. The number of nitrogens with two attached hydrogens (primary N) is 1. The number of Topliss-reactive ketones (excluding diaryl/α,β-unsaturated/α-hetero) is 1. The van der Waals surface area contributed by atoms with Gasteiger partial charge in [0.05, 0.1) is 6.04 Å². The Bertz CT molecular complexity index is 1010. The van der Waals surface area contributed by atoms with Crippen LogP contribution in [0.4, 0.5) is 5.69 Å². The van der Waals surface area contributed by atoms with Crippen molar-refractivity contribution in [1.29, 1.82) is 0 Å². The molecule has 0 aromatic heterocycles. The smallest absolute Gasteiger partial charge is 0.252 e. The fourth-order valence-electron chi connectivity index (χ4n) is 6.76. The average Bonchev–Trinajstić information content (AvgIpc) is 3.57. The number of ether oxygens (including phenoxy) is 1. The van der Waals surface area contributed by atoms with E-state index in [-0.39, 0.29) is 36.8 Å². The summed E-state index contributed by atoms with van der Waals surface area (Å²) in [6, 6.07) is 7.49. The van der Waals surface area contributed by atoms with Gasteiger partial charge < -0.3 is 25.6 Å². The largest absolute Gasteiger partial charge is 0.369 e. The van der Waals surface area contributed by atoms with Gasteiger partial charge in [0.25, 0.3) is 5.91 Å². The monoisotopic (exact) mass is 495 g/mol. The number of ketones is 1. The van der Waals surface area contributed by atoms with Crippen LogP contribution in [0.1, 0.15) is 55.3 Å². The summed E-state index contributed by atoms with van der Waals surface area (Å²) < 4.78 is 5.55. The summed E-state index contributed by atoms with van der Waals surface area (Å²) in [5.41, 5.74) is 6.86. The maximum atomic E-state index is 13.8. The molecule has 5 aliphatic rings. The molecule has 0 radical (unpaired) electrons. The summed E-state index contributed by atoms with van der Waals surface area (Å²) in [5.74, 6) is -0.554. The van der Waals surface area contributed by atoms with Gasteiger partial charge in [0.1, 0.15) is 24.3 Å². The van der Waals surface area contributed by atoms with Crippen molar-refractivity contribution in [2.24, 2.45) is 5.73 Å². The van der Waals surface area contributed by atoms with Crippen LogP contribution in [0.15, 0.2) is 24.3 Å². The number of benzene rings is 1. The molecule has 3 aliphatic heterocycles. The van der Waals surface area contributed by atoms with Crippen LogP contribution >= 0.6 is 0 Å². The van der Waals surface area contributed by atoms with Crippen molar-refractivity contribution >= 4 is 23.3 Å². The van der Waals surface area contributed by atoms with Crippen LogP contribution in [0, 0.1) is 0 Å².